The predicted molar refractivity (Wildman–Crippen MR) is 78.5 cm³/mol. The van der Waals surface area contributed by atoms with Gasteiger partial charge in [0.2, 0.25) is 0 Å². The highest BCUT2D eigenvalue weighted by atomic mass is 16.5. The number of nitrogens with one attached hydrogen (secondary N) is 1. The van der Waals surface area contributed by atoms with Gasteiger partial charge in [0.25, 0.3) is 5.91 Å². The Kier molecular flexibility index (Phi) is 4.61. The first-order chi connectivity index (χ1) is 9.78. The van der Waals surface area contributed by atoms with Gasteiger partial charge < -0.3 is 15.0 Å². The summed E-state index contributed by atoms with van der Waals surface area (Å²) in [6.45, 7) is 6.09. The molecule has 0 aromatic rings. The topological polar surface area (TPSA) is 41.6 Å². The molecule has 2 aliphatic heterocycles. The normalized spacial score (nSPS) is 32.4. The van der Waals surface area contributed by atoms with Crippen LogP contribution in [0.25, 0.3) is 0 Å². The van der Waals surface area contributed by atoms with E-state index in [-0.39, 0.29) is 12.0 Å². The van der Waals surface area contributed by atoms with Gasteiger partial charge in [0.15, 0.2) is 0 Å². The Morgan fingerprint density at radius 2 is 1.85 bits per heavy atom. The summed E-state index contributed by atoms with van der Waals surface area (Å²) >= 11 is 0. The van der Waals surface area contributed by atoms with Crippen molar-refractivity contribution in [3.63, 3.8) is 0 Å². The molecule has 3 fully saturated rings. The lowest BCUT2D eigenvalue weighted by molar-refractivity contribution is -0.148. The molecule has 20 heavy (non-hydrogen) atoms. The van der Waals surface area contributed by atoms with Crippen molar-refractivity contribution in [1.82, 2.24) is 10.2 Å². The van der Waals surface area contributed by atoms with Crippen LogP contribution in [0.3, 0.4) is 0 Å². The highest BCUT2D eigenvalue weighted by molar-refractivity contribution is 5.81. The van der Waals surface area contributed by atoms with Crippen LogP contribution in [-0.2, 0) is 9.53 Å². The summed E-state index contributed by atoms with van der Waals surface area (Å²) in [5, 5.41) is 3.42. The molecule has 1 aliphatic carbocycles. The third-order valence-electron chi connectivity index (χ3n) is 5.26. The lowest BCUT2D eigenvalue weighted by Gasteiger charge is -2.29. The Labute approximate surface area is 122 Å². The zero-order chi connectivity index (χ0) is 13.9. The number of ether oxygens (including phenoxy) is 1. The van der Waals surface area contributed by atoms with Gasteiger partial charge in [-0.25, -0.2) is 0 Å². The minimum absolute atomic E-state index is 0.204. The molecule has 0 radical (unpaired) electrons. The molecular formula is C16H28N2O2. The molecule has 0 spiro atoms. The SMILES string of the molecule is CCC(OC1CCCCC1)C(=O)N1C[C@H]2CNC[C@H]2C1. The third kappa shape index (κ3) is 3.01. The summed E-state index contributed by atoms with van der Waals surface area (Å²) in [4.78, 5) is 14.7. The maximum Gasteiger partial charge on any atom is 0.251 e. The van der Waals surface area contributed by atoms with E-state index in [1.807, 2.05) is 0 Å². The van der Waals surface area contributed by atoms with Gasteiger partial charge in [-0.3, -0.25) is 4.79 Å². The molecule has 2 saturated heterocycles. The summed E-state index contributed by atoms with van der Waals surface area (Å²) in [6, 6.07) is 0. The second-order valence-electron chi connectivity index (χ2n) is 6.71. The van der Waals surface area contributed by atoms with Crippen molar-refractivity contribution in [2.75, 3.05) is 26.2 Å². The molecule has 2 heterocycles. The second kappa shape index (κ2) is 6.44. The van der Waals surface area contributed by atoms with Crippen molar-refractivity contribution in [2.24, 2.45) is 11.8 Å². The van der Waals surface area contributed by atoms with Gasteiger partial charge >= 0.3 is 0 Å². The van der Waals surface area contributed by atoms with Crippen LogP contribution in [0.15, 0.2) is 0 Å². The van der Waals surface area contributed by atoms with Crippen LogP contribution < -0.4 is 5.32 Å². The lowest BCUT2D eigenvalue weighted by Crippen LogP contribution is -2.42. The molecule has 3 aliphatic rings. The van der Waals surface area contributed by atoms with Crippen molar-refractivity contribution < 1.29 is 9.53 Å². The molecule has 0 aromatic carbocycles. The summed E-state index contributed by atoms with van der Waals surface area (Å²) in [6.07, 6.45) is 7.04. The number of likely N-dealkylation sites (tertiary alicyclic amines) is 1. The van der Waals surface area contributed by atoms with E-state index in [0.717, 1.165) is 45.4 Å². The number of amides is 1. The van der Waals surface area contributed by atoms with Crippen LogP contribution in [0.5, 0.6) is 0 Å². The minimum Gasteiger partial charge on any atom is -0.365 e. The van der Waals surface area contributed by atoms with Gasteiger partial charge in [-0.1, -0.05) is 26.2 Å². The van der Waals surface area contributed by atoms with Gasteiger partial charge in [0.05, 0.1) is 6.10 Å². The largest absolute Gasteiger partial charge is 0.365 e. The molecular weight excluding hydrogens is 252 g/mol. The van der Waals surface area contributed by atoms with Gasteiger partial charge in [0.1, 0.15) is 6.10 Å². The Hall–Kier alpha value is -0.610. The first kappa shape index (κ1) is 14.3. The van der Waals surface area contributed by atoms with Gasteiger partial charge in [0, 0.05) is 26.2 Å². The smallest absolute Gasteiger partial charge is 0.251 e. The molecule has 0 bridgehead atoms. The quantitative estimate of drug-likeness (QED) is 0.853. The first-order valence-electron chi connectivity index (χ1n) is 8.43. The fourth-order valence-electron chi connectivity index (χ4n) is 4.00. The number of fused-ring (bicyclic) bond motifs is 1. The van der Waals surface area contributed by atoms with Crippen molar-refractivity contribution in [3.8, 4) is 0 Å². The Morgan fingerprint density at radius 1 is 1.20 bits per heavy atom. The fourth-order valence-corrected chi connectivity index (χ4v) is 4.00. The van der Waals surface area contributed by atoms with Crippen molar-refractivity contribution in [1.29, 1.82) is 0 Å². The molecule has 1 saturated carbocycles. The first-order valence-corrected chi connectivity index (χ1v) is 8.43. The number of hydrogen-bond acceptors (Lipinski definition) is 3. The van der Waals surface area contributed by atoms with E-state index in [2.05, 4.69) is 17.1 Å². The second-order valence-corrected chi connectivity index (χ2v) is 6.71. The third-order valence-corrected chi connectivity index (χ3v) is 5.26. The van der Waals surface area contributed by atoms with E-state index in [9.17, 15) is 4.79 Å². The van der Waals surface area contributed by atoms with E-state index in [0.29, 0.717) is 17.9 Å². The van der Waals surface area contributed by atoms with Gasteiger partial charge in [-0.2, -0.15) is 0 Å². The standard InChI is InChI=1S/C16H28N2O2/c1-2-15(20-14-6-4-3-5-7-14)16(19)18-10-12-8-17-9-13(12)11-18/h12-15,17H,2-11H2,1H3/t12-,13+,15?. The molecule has 3 atom stereocenters. The molecule has 3 rings (SSSR count). The molecule has 1 unspecified atom stereocenters. The number of hydrogen-bond donors (Lipinski definition) is 1. The van der Waals surface area contributed by atoms with E-state index < -0.39 is 0 Å². The highest BCUT2D eigenvalue weighted by Gasteiger charge is 2.40. The Balaban J connectivity index is 1.54. The molecule has 1 N–H and O–H groups in total. The summed E-state index contributed by atoms with van der Waals surface area (Å²) < 4.78 is 6.13. The number of nitrogens with zero attached hydrogens (tertiary/aromatic N) is 1. The van der Waals surface area contributed by atoms with Gasteiger partial charge in [-0.05, 0) is 31.1 Å². The molecule has 4 heteroatoms. The van der Waals surface area contributed by atoms with E-state index >= 15 is 0 Å². The summed E-state index contributed by atoms with van der Waals surface area (Å²) in [5.74, 6) is 1.59. The monoisotopic (exact) mass is 280 g/mol. The van der Waals surface area contributed by atoms with Crippen LogP contribution in [0.4, 0.5) is 0 Å². The maximum atomic E-state index is 12.7. The Bertz CT molecular complexity index is 329. The number of carbonyl (C=O) groups excluding carboxylic acids is 1. The minimum atomic E-state index is -0.204. The van der Waals surface area contributed by atoms with Crippen LogP contribution in [0, 0.1) is 11.8 Å². The van der Waals surface area contributed by atoms with E-state index in [1.54, 1.807) is 0 Å². The summed E-state index contributed by atoms with van der Waals surface area (Å²) in [5.41, 5.74) is 0. The van der Waals surface area contributed by atoms with Crippen LogP contribution >= 0.6 is 0 Å². The van der Waals surface area contributed by atoms with E-state index in [1.165, 1.54) is 19.3 Å². The lowest BCUT2D eigenvalue weighted by atomic mass is 9.97. The number of carbonyl (C=O) groups is 1. The molecule has 4 nitrogen and oxygen atoms in total. The van der Waals surface area contributed by atoms with Crippen LogP contribution in [0.2, 0.25) is 0 Å². The predicted octanol–water partition coefficient (Wildman–Crippen LogP) is 1.79. The summed E-state index contributed by atoms with van der Waals surface area (Å²) in [7, 11) is 0. The van der Waals surface area contributed by atoms with Crippen LogP contribution in [0.1, 0.15) is 45.4 Å². The molecule has 0 aromatic heterocycles. The molecule has 114 valence electrons. The molecule has 1 amide bonds. The zero-order valence-electron chi connectivity index (χ0n) is 12.6. The average molecular weight is 280 g/mol. The van der Waals surface area contributed by atoms with E-state index in [4.69, 9.17) is 4.74 Å². The fraction of sp³-hybridized carbons (Fsp3) is 0.938. The highest BCUT2D eigenvalue weighted by Crippen LogP contribution is 2.28. The van der Waals surface area contributed by atoms with Crippen LogP contribution in [-0.4, -0.2) is 49.2 Å². The van der Waals surface area contributed by atoms with Crippen molar-refractivity contribution in [3.05, 3.63) is 0 Å². The Morgan fingerprint density at radius 3 is 2.45 bits per heavy atom. The van der Waals surface area contributed by atoms with Crippen molar-refractivity contribution in [2.45, 2.75) is 57.7 Å². The van der Waals surface area contributed by atoms with Crippen molar-refractivity contribution >= 4 is 5.91 Å². The average Bonchev–Trinajstić information content (AvgIpc) is 3.06. The zero-order valence-corrected chi connectivity index (χ0v) is 12.6. The van der Waals surface area contributed by atoms with Gasteiger partial charge in [-0.15, -0.1) is 0 Å². The number of rotatable bonds is 4. The maximum absolute atomic E-state index is 12.7.